The van der Waals surface area contributed by atoms with Crippen LogP contribution in [-0.4, -0.2) is 27.7 Å². The van der Waals surface area contributed by atoms with Crippen molar-refractivity contribution in [3.63, 3.8) is 0 Å². The first kappa shape index (κ1) is 7.73. The maximum atomic E-state index is 10.1. The van der Waals surface area contributed by atoms with Crippen molar-refractivity contribution < 1.29 is 14.6 Å². The number of hydrogen-bond donors (Lipinski definition) is 2. The quantitative estimate of drug-likeness (QED) is 0.688. The number of ether oxygens (including phenoxy) is 1. The van der Waals surface area contributed by atoms with Crippen molar-refractivity contribution in [1.82, 2.24) is 9.36 Å². The van der Waals surface area contributed by atoms with Gasteiger partial charge < -0.3 is 9.84 Å². The molecule has 0 radical (unpaired) electrons. The average molecular weight is 175 g/mol. The van der Waals surface area contributed by atoms with Gasteiger partial charge >= 0.3 is 12.1 Å². The van der Waals surface area contributed by atoms with E-state index in [4.69, 9.17) is 5.11 Å². The Kier molecular flexibility index (Phi) is 2.21. The number of carboxylic acid groups (broad SMARTS) is 1. The van der Waals surface area contributed by atoms with Crippen LogP contribution in [0.15, 0.2) is 0 Å². The fraction of sp³-hybridized carbons (Fsp3) is 0.250. The molecule has 0 bridgehead atoms. The fourth-order valence-corrected chi connectivity index (χ4v) is 0.967. The smallest absolute Gasteiger partial charge is 0.411 e. The number of nitrogens with one attached hydrogen (secondary N) is 1. The Labute approximate surface area is 66.0 Å². The van der Waals surface area contributed by atoms with Crippen LogP contribution < -0.4 is 10.1 Å². The van der Waals surface area contributed by atoms with Gasteiger partial charge in [0.25, 0.3) is 0 Å². The SMILES string of the molecule is COc1nsc(NC(=O)O)n1. The van der Waals surface area contributed by atoms with Crippen molar-refractivity contribution in [2.24, 2.45) is 0 Å². The maximum absolute atomic E-state index is 10.1. The van der Waals surface area contributed by atoms with Gasteiger partial charge in [-0.2, -0.15) is 4.98 Å². The predicted octanol–water partition coefficient (Wildman–Crippen LogP) is 0.637. The summed E-state index contributed by atoms with van der Waals surface area (Å²) in [5, 5.41) is 10.5. The minimum Gasteiger partial charge on any atom is -0.466 e. The van der Waals surface area contributed by atoms with Gasteiger partial charge in [-0.15, -0.1) is 4.37 Å². The molecule has 1 amide bonds. The minimum absolute atomic E-state index is 0.166. The largest absolute Gasteiger partial charge is 0.466 e. The molecule has 2 N–H and O–H groups in total. The van der Waals surface area contributed by atoms with E-state index in [0.29, 0.717) is 0 Å². The van der Waals surface area contributed by atoms with Gasteiger partial charge in [-0.25, -0.2) is 4.79 Å². The standard InChI is InChI=1S/C4H5N3O3S/c1-10-2-5-3(11-7-2)6-4(8)9/h1H3,(H,8,9)(H,5,6,7). The Morgan fingerprint density at radius 3 is 3.00 bits per heavy atom. The molecule has 0 aromatic carbocycles. The summed E-state index contributed by atoms with van der Waals surface area (Å²) >= 11 is 0.924. The third-order valence-electron chi connectivity index (χ3n) is 0.804. The molecule has 1 aromatic rings. The number of nitrogens with zero attached hydrogens (tertiary/aromatic N) is 2. The van der Waals surface area contributed by atoms with Gasteiger partial charge in [0, 0.05) is 11.5 Å². The Hall–Kier alpha value is -1.37. The maximum Gasteiger partial charge on any atom is 0.411 e. The molecule has 0 aliphatic heterocycles. The Morgan fingerprint density at radius 2 is 2.55 bits per heavy atom. The molecule has 6 nitrogen and oxygen atoms in total. The van der Waals surface area contributed by atoms with Crippen LogP contribution in [0, 0.1) is 0 Å². The van der Waals surface area contributed by atoms with Gasteiger partial charge in [-0.1, -0.05) is 0 Å². The van der Waals surface area contributed by atoms with Crippen molar-refractivity contribution in [3.05, 3.63) is 0 Å². The molecule has 0 aliphatic rings. The van der Waals surface area contributed by atoms with Crippen LogP contribution in [0.5, 0.6) is 6.01 Å². The normalized spacial score (nSPS) is 9.18. The van der Waals surface area contributed by atoms with Gasteiger partial charge in [-0.05, 0) is 0 Å². The van der Waals surface area contributed by atoms with E-state index in [1.165, 1.54) is 7.11 Å². The summed E-state index contributed by atoms with van der Waals surface area (Å²) in [7, 11) is 1.41. The highest BCUT2D eigenvalue weighted by Crippen LogP contribution is 2.14. The summed E-state index contributed by atoms with van der Waals surface area (Å²) in [6, 6.07) is 0.166. The van der Waals surface area contributed by atoms with Crippen LogP contribution in [0.1, 0.15) is 0 Å². The van der Waals surface area contributed by atoms with Gasteiger partial charge in [0.2, 0.25) is 5.13 Å². The van der Waals surface area contributed by atoms with Gasteiger partial charge in [0.15, 0.2) is 0 Å². The highest BCUT2D eigenvalue weighted by atomic mass is 32.1. The number of hydrogen-bond acceptors (Lipinski definition) is 5. The summed E-state index contributed by atoms with van der Waals surface area (Å²) in [6.07, 6.45) is -1.16. The second-order valence-electron chi connectivity index (χ2n) is 1.52. The Balaban J connectivity index is 2.65. The lowest BCUT2D eigenvalue weighted by Gasteiger charge is -1.89. The number of methoxy groups -OCH3 is 1. The molecule has 0 aliphatic carbocycles. The van der Waals surface area contributed by atoms with Crippen LogP contribution in [0.25, 0.3) is 0 Å². The molecular weight excluding hydrogens is 170 g/mol. The van der Waals surface area contributed by atoms with E-state index in [2.05, 4.69) is 14.1 Å². The van der Waals surface area contributed by atoms with E-state index in [1.807, 2.05) is 5.32 Å². The zero-order valence-electron chi connectivity index (χ0n) is 5.57. The summed E-state index contributed by atoms with van der Waals surface area (Å²) in [5.74, 6) is 0. The molecule has 1 rings (SSSR count). The first-order chi connectivity index (χ1) is 5.22. The zero-order chi connectivity index (χ0) is 8.27. The van der Waals surface area contributed by atoms with Crippen molar-refractivity contribution in [1.29, 1.82) is 0 Å². The number of anilines is 1. The number of amides is 1. The first-order valence-electron chi connectivity index (χ1n) is 2.60. The highest BCUT2D eigenvalue weighted by Gasteiger charge is 2.04. The summed E-state index contributed by atoms with van der Waals surface area (Å²) < 4.78 is 8.30. The average Bonchev–Trinajstić information content (AvgIpc) is 2.34. The molecule has 11 heavy (non-hydrogen) atoms. The van der Waals surface area contributed by atoms with E-state index < -0.39 is 6.09 Å². The molecule has 0 atom stereocenters. The molecule has 0 spiro atoms. The fourth-order valence-electron chi connectivity index (χ4n) is 0.435. The molecule has 0 fully saturated rings. The molecule has 0 saturated carbocycles. The van der Waals surface area contributed by atoms with E-state index >= 15 is 0 Å². The van der Waals surface area contributed by atoms with E-state index in [9.17, 15) is 4.79 Å². The predicted molar refractivity (Wildman–Crippen MR) is 38.1 cm³/mol. The lowest BCUT2D eigenvalue weighted by Crippen LogP contribution is -2.06. The third-order valence-corrected chi connectivity index (χ3v) is 1.42. The van der Waals surface area contributed by atoms with Gasteiger partial charge in [0.1, 0.15) is 0 Å². The number of aromatic nitrogens is 2. The van der Waals surface area contributed by atoms with E-state index in [0.717, 1.165) is 11.5 Å². The third kappa shape index (κ3) is 2.04. The molecule has 0 unspecified atom stereocenters. The van der Waals surface area contributed by atoms with Gasteiger partial charge in [-0.3, -0.25) is 5.32 Å². The van der Waals surface area contributed by atoms with Crippen LogP contribution in [0.3, 0.4) is 0 Å². The van der Waals surface area contributed by atoms with Crippen molar-refractivity contribution in [2.45, 2.75) is 0 Å². The van der Waals surface area contributed by atoms with Crippen molar-refractivity contribution in [3.8, 4) is 6.01 Å². The second-order valence-corrected chi connectivity index (χ2v) is 2.27. The highest BCUT2D eigenvalue weighted by molar-refractivity contribution is 7.10. The molecule has 60 valence electrons. The number of rotatable bonds is 2. The Bertz CT molecular complexity index is 261. The molecule has 7 heteroatoms. The van der Waals surface area contributed by atoms with E-state index in [-0.39, 0.29) is 11.1 Å². The number of carbonyl (C=O) groups is 1. The van der Waals surface area contributed by atoms with Crippen LogP contribution in [-0.2, 0) is 0 Å². The minimum atomic E-state index is -1.16. The van der Waals surface area contributed by atoms with E-state index in [1.54, 1.807) is 0 Å². The molecule has 1 heterocycles. The monoisotopic (exact) mass is 175 g/mol. The van der Waals surface area contributed by atoms with Crippen LogP contribution in [0.2, 0.25) is 0 Å². The molecular formula is C4H5N3O3S. The lowest BCUT2D eigenvalue weighted by atomic mass is 11.0. The summed E-state index contributed by atoms with van der Waals surface area (Å²) in [4.78, 5) is 13.7. The van der Waals surface area contributed by atoms with Crippen LogP contribution in [0.4, 0.5) is 9.93 Å². The summed E-state index contributed by atoms with van der Waals surface area (Å²) in [6.45, 7) is 0. The zero-order valence-corrected chi connectivity index (χ0v) is 6.38. The second kappa shape index (κ2) is 3.15. The topological polar surface area (TPSA) is 84.3 Å². The van der Waals surface area contributed by atoms with Gasteiger partial charge in [0.05, 0.1) is 7.11 Å². The molecule has 1 aromatic heterocycles. The first-order valence-corrected chi connectivity index (χ1v) is 3.37. The van der Waals surface area contributed by atoms with Crippen LogP contribution >= 0.6 is 11.5 Å². The van der Waals surface area contributed by atoms with Crippen molar-refractivity contribution in [2.75, 3.05) is 12.4 Å². The summed E-state index contributed by atoms with van der Waals surface area (Å²) in [5.41, 5.74) is 0. The van der Waals surface area contributed by atoms with Crippen molar-refractivity contribution >= 4 is 22.8 Å². The molecule has 0 saturated heterocycles. The Morgan fingerprint density at radius 1 is 1.82 bits per heavy atom. The lowest BCUT2D eigenvalue weighted by molar-refractivity contribution is 0.209.